The highest BCUT2D eigenvalue weighted by atomic mass is 79.9. The molecule has 0 saturated heterocycles. The van der Waals surface area contributed by atoms with E-state index in [-0.39, 0.29) is 16.1 Å². The fourth-order valence-corrected chi connectivity index (χ4v) is 2.36. The summed E-state index contributed by atoms with van der Waals surface area (Å²) < 4.78 is 0.947. The minimum atomic E-state index is -0.261. The molecule has 0 spiro atoms. The van der Waals surface area contributed by atoms with Gasteiger partial charge in [-0.25, -0.2) is 0 Å². The fourth-order valence-electron chi connectivity index (χ4n) is 2.10. The molecule has 0 aliphatic heterocycles. The van der Waals surface area contributed by atoms with Gasteiger partial charge in [0.05, 0.1) is 5.69 Å². The summed E-state index contributed by atoms with van der Waals surface area (Å²) in [4.78, 5) is 12.3. The van der Waals surface area contributed by atoms with Crippen molar-refractivity contribution in [1.82, 2.24) is 0 Å². The number of hydrogen-bond acceptors (Lipinski definition) is 5. The third-order valence-electron chi connectivity index (χ3n) is 3.11. The van der Waals surface area contributed by atoms with Crippen LogP contribution in [0, 0.1) is 0 Å². The van der Waals surface area contributed by atoms with E-state index in [0.29, 0.717) is 10.8 Å². The maximum Gasteiger partial charge on any atom is 0.216 e. The number of fused-ring (bicyclic) bond motifs is 1. The average Bonchev–Trinajstić information content (AvgIpc) is 2.79. The largest absolute Gasteiger partial charge is 0.410 e. The number of anilines is 1. The van der Waals surface area contributed by atoms with Gasteiger partial charge in [-0.15, -0.1) is 0 Å². The van der Waals surface area contributed by atoms with Crippen LogP contribution in [0.4, 0.5) is 5.69 Å². The zero-order valence-electron chi connectivity index (χ0n) is 10.7. The molecule has 0 fully saturated rings. The Hall–Kier alpha value is -2.47. The van der Waals surface area contributed by atoms with E-state index >= 15 is 0 Å². The lowest BCUT2D eigenvalue weighted by molar-refractivity contribution is 0.302. The highest BCUT2D eigenvalue weighted by Crippen LogP contribution is 2.13. The van der Waals surface area contributed by atoms with Crippen molar-refractivity contribution in [1.29, 1.82) is 0 Å². The van der Waals surface area contributed by atoms with Crippen LogP contribution in [-0.2, 0) is 0 Å². The van der Waals surface area contributed by atoms with E-state index < -0.39 is 0 Å². The summed E-state index contributed by atoms with van der Waals surface area (Å²) in [5.74, 6) is 0. The van der Waals surface area contributed by atoms with Crippen LogP contribution < -0.4 is 21.6 Å². The molecule has 0 atom stereocenters. The molecule has 0 radical (unpaired) electrons. The molecule has 3 rings (SSSR count). The van der Waals surface area contributed by atoms with Crippen molar-refractivity contribution in [2.24, 2.45) is 10.3 Å². The standard InChI is InChI=1S/C15H10BrN3O2/c16-9-5-7-10(8-6-9)17-18-14-13(19-21)11-3-1-2-4-12(11)15(14)20/h1-8,17,21H/b18-14+,19-13-. The SMILES string of the molecule is O=c1c(=N/Nc2ccc(Br)cc2)/c(=N\O)c2ccccc12. The van der Waals surface area contributed by atoms with Gasteiger partial charge >= 0.3 is 0 Å². The lowest BCUT2D eigenvalue weighted by Crippen LogP contribution is -2.33. The smallest absolute Gasteiger partial charge is 0.216 e. The van der Waals surface area contributed by atoms with Gasteiger partial charge in [0, 0.05) is 15.2 Å². The Morgan fingerprint density at radius 3 is 2.29 bits per heavy atom. The second kappa shape index (κ2) is 5.49. The summed E-state index contributed by atoms with van der Waals surface area (Å²) in [6.07, 6.45) is 0. The molecule has 0 bridgehead atoms. The predicted octanol–water partition coefficient (Wildman–Crippen LogP) is 2.06. The lowest BCUT2D eigenvalue weighted by atomic mass is 10.2. The molecule has 0 unspecified atom stereocenters. The molecule has 2 N–H and O–H groups in total. The maximum absolute atomic E-state index is 12.3. The van der Waals surface area contributed by atoms with Gasteiger partial charge in [-0.05, 0) is 24.3 Å². The van der Waals surface area contributed by atoms with Crippen molar-refractivity contribution in [3.8, 4) is 0 Å². The molecule has 3 aromatic carbocycles. The summed E-state index contributed by atoms with van der Waals surface area (Å²) in [7, 11) is 0. The van der Waals surface area contributed by atoms with Gasteiger partial charge in [0.25, 0.3) is 0 Å². The van der Waals surface area contributed by atoms with Crippen molar-refractivity contribution in [3.05, 3.63) is 73.9 Å². The second-order valence-electron chi connectivity index (χ2n) is 4.40. The Balaban J connectivity index is 2.16. The van der Waals surface area contributed by atoms with Crippen LogP contribution in [0.3, 0.4) is 0 Å². The molecular formula is C15H10BrN3O2. The van der Waals surface area contributed by atoms with E-state index in [1.54, 1.807) is 24.3 Å². The Morgan fingerprint density at radius 2 is 1.62 bits per heavy atom. The van der Waals surface area contributed by atoms with Crippen molar-refractivity contribution >= 4 is 32.4 Å². The molecule has 3 aromatic rings. The topological polar surface area (TPSA) is 74.0 Å². The van der Waals surface area contributed by atoms with Crippen LogP contribution in [0.1, 0.15) is 0 Å². The lowest BCUT2D eigenvalue weighted by Gasteiger charge is -1.98. The molecule has 0 saturated carbocycles. The van der Waals surface area contributed by atoms with Gasteiger partial charge in [0.15, 0.2) is 5.36 Å². The minimum Gasteiger partial charge on any atom is -0.410 e. The van der Waals surface area contributed by atoms with Crippen LogP contribution >= 0.6 is 15.9 Å². The van der Waals surface area contributed by atoms with Crippen molar-refractivity contribution < 1.29 is 5.21 Å². The van der Waals surface area contributed by atoms with Gasteiger partial charge in [0.1, 0.15) is 5.36 Å². The number of rotatable bonds is 2. The Labute approximate surface area is 127 Å². The molecule has 21 heavy (non-hydrogen) atoms. The molecule has 6 heteroatoms. The molecule has 0 heterocycles. The maximum atomic E-state index is 12.3. The number of halogens is 1. The van der Waals surface area contributed by atoms with Gasteiger partial charge in [-0.2, -0.15) is 5.10 Å². The summed E-state index contributed by atoms with van der Waals surface area (Å²) in [6.45, 7) is 0. The van der Waals surface area contributed by atoms with Gasteiger partial charge in [-0.3, -0.25) is 10.2 Å². The van der Waals surface area contributed by atoms with E-state index in [1.807, 2.05) is 24.3 Å². The predicted molar refractivity (Wildman–Crippen MR) is 83.3 cm³/mol. The Bertz CT molecular complexity index is 955. The zero-order valence-corrected chi connectivity index (χ0v) is 12.3. The first-order valence-electron chi connectivity index (χ1n) is 6.16. The molecule has 0 aliphatic rings. The van der Waals surface area contributed by atoms with Crippen molar-refractivity contribution in [2.75, 3.05) is 5.43 Å². The number of nitrogens with zero attached hydrogens (tertiary/aromatic N) is 2. The van der Waals surface area contributed by atoms with Gasteiger partial charge < -0.3 is 5.21 Å². The Morgan fingerprint density at radius 1 is 0.952 bits per heavy atom. The highest BCUT2D eigenvalue weighted by Gasteiger charge is 2.08. The number of hydrogen-bond donors (Lipinski definition) is 2. The van der Waals surface area contributed by atoms with Crippen molar-refractivity contribution in [2.45, 2.75) is 0 Å². The summed E-state index contributed by atoms with van der Waals surface area (Å²) in [5, 5.41) is 17.8. The van der Waals surface area contributed by atoms with Crippen LogP contribution in [-0.4, -0.2) is 5.21 Å². The van der Waals surface area contributed by atoms with Crippen LogP contribution in [0.2, 0.25) is 0 Å². The number of nitrogens with one attached hydrogen (secondary N) is 1. The molecule has 5 nitrogen and oxygen atoms in total. The first-order chi connectivity index (χ1) is 10.2. The van der Waals surface area contributed by atoms with Gasteiger partial charge in [-0.1, -0.05) is 45.4 Å². The van der Waals surface area contributed by atoms with E-state index in [4.69, 9.17) is 5.21 Å². The molecule has 104 valence electrons. The average molecular weight is 344 g/mol. The van der Waals surface area contributed by atoms with Gasteiger partial charge in [0.2, 0.25) is 5.43 Å². The first kappa shape index (κ1) is 13.5. The molecule has 0 amide bonds. The normalized spacial score (nSPS) is 13.0. The first-order valence-corrected chi connectivity index (χ1v) is 6.96. The monoisotopic (exact) mass is 343 g/mol. The second-order valence-corrected chi connectivity index (χ2v) is 5.32. The van der Waals surface area contributed by atoms with E-state index in [1.165, 1.54) is 0 Å². The molecule has 0 aliphatic carbocycles. The minimum absolute atomic E-state index is 0.0987. The van der Waals surface area contributed by atoms with Crippen LogP contribution in [0.25, 0.3) is 10.8 Å². The van der Waals surface area contributed by atoms with E-state index in [9.17, 15) is 4.79 Å². The van der Waals surface area contributed by atoms with E-state index in [2.05, 4.69) is 31.6 Å². The summed E-state index contributed by atoms with van der Waals surface area (Å²) in [6, 6.07) is 14.3. The quantitative estimate of drug-likeness (QED) is 0.552. The summed E-state index contributed by atoms with van der Waals surface area (Å²) >= 11 is 3.34. The molecular weight excluding hydrogens is 334 g/mol. The third kappa shape index (κ3) is 2.45. The third-order valence-corrected chi connectivity index (χ3v) is 3.64. The highest BCUT2D eigenvalue weighted by molar-refractivity contribution is 9.10. The number of benzene rings is 2. The fraction of sp³-hybridized carbons (Fsp3) is 0. The summed E-state index contributed by atoms with van der Waals surface area (Å²) in [5.41, 5.74) is 3.27. The van der Waals surface area contributed by atoms with Crippen molar-refractivity contribution in [3.63, 3.8) is 0 Å². The van der Waals surface area contributed by atoms with Crippen LogP contribution in [0.15, 0.2) is 68.1 Å². The van der Waals surface area contributed by atoms with E-state index in [0.717, 1.165) is 10.2 Å². The zero-order chi connectivity index (χ0) is 14.8. The molecule has 0 aromatic heterocycles. The Kier molecular flexibility index (Phi) is 3.53. The van der Waals surface area contributed by atoms with Crippen LogP contribution in [0.5, 0.6) is 0 Å².